The monoisotopic (exact) mass is 1380 g/mol. The van der Waals surface area contributed by atoms with Crippen LogP contribution in [0.3, 0.4) is 0 Å². The molecule has 0 unspecified atom stereocenters. The summed E-state index contributed by atoms with van der Waals surface area (Å²) in [6.45, 7) is 0. The topological polar surface area (TPSA) is 59.0 Å². The Morgan fingerprint density at radius 1 is 0.157 bits per heavy atom. The smallest absolute Gasteiger partial charge is 0.143 e. The molecule has 0 fully saturated rings. The number of fused-ring (bicyclic) bond motifs is 15. The number of hydrogen-bond acceptors (Lipinski definition) is 6. The second-order valence-corrected chi connectivity index (χ2v) is 28.2. The van der Waals surface area contributed by atoms with Crippen molar-refractivity contribution in [1.29, 1.82) is 0 Å². The minimum absolute atomic E-state index is 0.850. The number of hydrogen-bond donors (Lipinski definition) is 0. The number of furan rings is 4. The molecule has 504 valence electrons. The van der Waals surface area contributed by atoms with Crippen LogP contribution in [0.5, 0.6) is 0 Å². The summed E-state index contributed by atoms with van der Waals surface area (Å²) in [5, 5.41) is 15.9. The summed E-state index contributed by atoms with van der Waals surface area (Å²) in [5.41, 5.74) is 26.7. The van der Waals surface area contributed by atoms with Gasteiger partial charge in [0.25, 0.3) is 0 Å². The van der Waals surface area contributed by atoms with E-state index in [-0.39, 0.29) is 0 Å². The Labute approximate surface area is 620 Å². The van der Waals surface area contributed by atoms with E-state index >= 15 is 0 Å². The molecule has 0 spiro atoms. The first-order valence-corrected chi connectivity index (χ1v) is 36.7. The van der Waals surface area contributed by atoms with Crippen LogP contribution in [0, 0.1) is 0 Å². The van der Waals surface area contributed by atoms with Gasteiger partial charge in [0.15, 0.2) is 0 Å². The summed E-state index contributed by atoms with van der Waals surface area (Å²) in [4.78, 5) is 4.73. The summed E-state index contributed by atoms with van der Waals surface area (Å²) in [6.07, 6.45) is 0. The van der Waals surface area contributed by atoms with Crippen LogP contribution in [0.1, 0.15) is 0 Å². The first kappa shape index (κ1) is 61.1. The molecule has 0 aliphatic heterocycles. The molecule has 0 saturated heterocycles. The van der Waals surface area contributed by atoms with Crippen LogP contribution in [-0.2, 0) is 0 Å². The molecule has 108 heavy (non-hydrogen) atoms. The average Bonchev–Trinajstić information content (AvgIpc) is 1.42. The fourth-order valence-corrected chi connectivity index (χ4v) is 16.7. The molecule has 4 aromatic heterocycles. The van der Waals surface area contributed by atoms with Crippen LogP contribution in [0.15, 0.2) is 394 Å². The lowest BCUT2D eigenvalue weighted by Crippen LogP contribution is -2.10. The fourth-order valence-electron chi connectivity index (χ4n) is 16.7. The maximum Gasteiger partial charge on any atom is 0.143 e. The van der Waals surface area contributed by atoms with Gasteiger partial charge in [0, 0.05) is 88.0 Å². The van der Waals surface area contributed by atoms with E-state index in [1.165, 1.54) is 27.1 Å². The number of para-hydroxylation sites is 5. The Kier molecular flexibility index (Phi) is 13.9. The molecule has 22 aromatic rings. The summed E-state index contributed by atoms with van der Waals surface area (Å²) in [6, 6.07) is 135. The third kappa shape index (κ3) is 10.2. The van der Waals surface area contributed by atoms with Gasteiger partial charge < -0.3 is 27.5 Å². The molecular weight excluding hydrogens is 1320 g/mol. The number of benzene rings is 18. The maximum absolute atomic E-state index is 6.88. The van der Waals surface area contributed by atoms with Gasteiger partial charge in [0.1, 0.15) is 44.7 Å². The summed E-state index contributed by atoms with van der Waals surface area (Å²) < 4.78 is 26.0. The van der Waals surface area contributed by atoms with Crippen molar-refractivity contribution in [1.82, 2.24) is 0 Å². The maximum atomic E-state index is 6.88. The molecule has 0 atom stereocenters. The molecule has 0 aliphatic rings. The van der Waals surface area contributed by atoms with Crippen LogP contribution >= 0.6 is 0 Å². The van der Waals surface area contributed by atoms with Crippen LogP contribution in [-0.4, -0.2) is 0 Å². The second-order valence-electron chi connectivity index (χ2n) is 28.2. The van der Waals surface area contributed by atoms with Gasteiger partial charge in [-0.05, 0) is 216 Å². The van der Waals surface area contributed by atoms with Crippen molar-refractivity contribution in [2.75, 3.05) is 9.80 Å². The summed E-state index contributed by atoms with van der Waals surface area (Å²) in [7, 11) is 0. The van der Waals surface area contributed by atoms with Gasteiger partial charge in [0.2, 0.25) is 0 Å². The molecule has 0 N–H and O–H groups in total. The van der Waals surface area contributed by atoms with Gasteiger partial charge in [0.05, 0.1) is 5.69 Å². The van der Waals surface area contributed by atoms with Crippen molar-refractivity contribution < 1.29 is 17.7 Å². The van der Waals surface area contributed by atoms with Crippen LogP contribution in [0.4, 0.5) is 34.1 Å². The summed E-state index contributed by atoms with van der Waals surface area (Å²) >= 11 is 0. The molecule has 18 aromatic carbocycles. The van der Waals surface area contributed by atoms with E-state index < -0.39 is 0 Å². The van der Waals surface area contributed by atoms with Crippen molar-refractivity contribution >= 4 is 154 Å². The van der Waals surface area contributed by atoms with Gasteiger partial charge in [-0.25, -0.2) is 0 Å². The molecule has 22 rings (SSSR count). The lowest BCUT2D eigenvalue weighted by atomic mass is 9.95. The second kappa shape index (κ2) is 24.6. The van der Waals surface area contributed by atoms with Crippen LogP contribution in [0.25, 0.3) is 187 Å². The van der Waals surface area contributed by atoms with E-state index in [1.54, 1.807) is 0 Å². The van der Waals surface area contributed by atoms with Crippen LogP contribution in [0.2, 0.25) is 0 Å². The van der Waals surface area contributed by atoms with Gasteiger partial charge in [-0.3, -0.25) is 0 Å². The Hall–Kier alpha value is -14.5. The predicted molar refractivity (Wildman–Crippen MR) is 450 cm³/mol. The first-order valence-electron chi connectivity index (χ1n) is 36.7. The normalized spacial score (nSPS) is 11.9. The highest BCUT2D eigenvalue weighted by molar-refractivity contribution is 6.14. The molecule has 6 nitrogen and oxygen atoms in total. The molecule has 0 radical (unpaired) electrons. The van der Waals surface area contributed by atoms with Crippen molar-refractivity contribution in [2.45, 2.75) is 0 Å². The van der Waals surface area contributed by atoms with Crippen molar-refractivity contribution in [3.63, 3.8) is 0 Å². The largest absolute Gasteiger partial charge is 0.456 e. The highest BCUT2D eigenvalue weighted by Gasteiger charge is 2.23. The number of rotatable bonds is 12. The minimum atomic E-state index is 0.850. The third-order valence-electron chi connectivity index (χ3n) is 22.1. The lowest BCUT2D eigenvalue weighted by Gasteiger charge is -2.28. The van der Waals surface area contributed by atoms with E-state index in [9.17, 15) is 0 Å². The SMILES string of the molecule is c1ccc2cc(-c3ccc(N(c4ccc(-c5cccc6c5oc5ccc(-c7ccc8cc(-c9ccc(N(c%10ccc(-c%11cccc%12c%11oc%11ccccc%11%12)cc%10)c%10ccc%11oc%12ccccc%12c%11c%10)cc9)ccc8c7)cc56)cc4)c4ccc(-c5ccc6oc7ccccc7c6c5)c5ccccc45)cc3)ccc2c1. The number of anilines is 6. The highest BCUT2D eigenvalue weighted by atomic mass is 16.3. The van der Waals surface area contributed by atoms with Gasteiger partial charge >= 0.3 is 0 Å². The van der Waals surface area contributed by atoms with Crippen molar-refractivity contribution in [3.8, 4) is 66.8 Å². The van der Waals surface area contributed by atoms with Crippen molar-refractivity contribution in [3.05, 3.63) is 376 Å². The van der Waals surface area contributed by atoms with Crippen molar-refractivity contribution in [2.24, 2.45) is 0 Å². The van der Waals surface area contributed by atoms with E-state index in [0.717, 1.165) is 194 Å². The molecule has 4 heterocycles. The van der Waals surface area contributed by atoms with E-state index in [0.29, 0.717) is 0 Å². The Balaban J connectivity index is 0.565. The standard InChI is InChI=1S/C102H62N2O4/c1-2-14-68-57-69(28-27-63(68)13-1)65-35-45-78(46-36-65)104(94-53-52-81(84-15-3-4-16-85(84)94)75-42-55-98-91(61-75)87-18-6-8-24-95(87)105-98)79-49-39-67(40-50-79)83-21-12-23-90-92-60-74(41-54-100(92)108-102(83)90)73-32-31-71-58-70(29-30-72(71)59-73)64-33-43-76(44-34-64)103(80-51-56-99-93(62-80)88-19-7-9-25-96(88)106-99)77-47-37-66(38-48-77)82-20-11-22-89-86-17-5-10-26-97(86)107-101(82)89/h1-62H. The molecule has 0 bridgehead atoms. The fraction of sp³-hybridized carbons (Fsp3) is 0. The predicted octanol–water partition coefficient (Wildman–Crippen LogP) is 29.7. The summed E-state index contributed by atoms with van der Waals surface area (Å²) in [5.74, 6) is 0. The van der Waals surface area contributed by atoms with E-state index in [1.807, 2.05) is 36.4 Å². The van der Waals surface area contributed by atoms with Gasteiger partial charge in [-0.1, -0.05) is 243 Å². The molecule has 0 amide bonds. The van der Waals surface area contributed by atoms with Gasteiger partial charge in [-0.15, -0.1) is 0 Å². The first-order chi connectivity index (χ1) is 53.5. The number of nitrogens with zero attached hydrogens (tertiary/aromatic N) is 2. The zero-order chi connectivity index (χ0) is 70.9. The molecule has 0 saturated carbocycles. The Bertz CT molecular complexity index is 7360. The Morgan fingerprint density at radius 2 is 0.500 bits per heavy atom. The lowest BCUT2D eigenvalue weighted by molar-refractivity contribution is 0.668. The Morgan fingerprint density at radius 3 is 1.07 bits per heavy atom. The zero-order valence-corrected chi connectivity index (χ0v) is 58.3. The zero-order valence-electron chi connectivity index (χ0n) is 58.3. The average molecular weight is 1380 g/mol. The van der Waals surface area contributed by atoms with E-state index in [2.05, 4.69) is 350 Å². The quantitative estimate of drug-likeness (QED) is 0.121. The molecular formula is C102H62N2O4. The minimum Gasteiger partial charge on any atom is -0.456 e. The highest BCUT2D eigenvalue weighted by Crippen LogP contribution is 2.48. The van der Waals surface area contributed by atoms with Crippen LogP contribution < -0.4 is 9.80 Å². The van der Waals surface area contributed by atoms with Gasteiger partial charge in [-0.2, -0.15) is 0 Å². The third-order valence-corrected chi connectivity index (χ3v) is 22.1. The van der Waals surface area contributed by atoms with E-state index in [4.69, 9.17) is 17.7 Å². The molecule has 6 heteroatoms. The molecule has 0 aliphatic carbocycles.